The van der Waals surface area contributed by atoms with Gasteiger partial charge < -0.3 is 9.84 Å². The number of hydrogen-bond donors (Lipinski definition) is 1. The maximum Gasteiger partial charge on any atom is 0.341 e. The zero-order valence-corrected chi connectivity index (χ0v) is 11.6. The number of hydrogen-bond acceptors (Lipinski definition) is 3. The average Bonchev–Trinajstić information content (AvgIpc) is 2.60. The molecule has 0 radical (unpaired) electrons. The predicted molar refractivity (Wildman–Crippen MR) is 71.0 cm³/mol. The van der Waals surface area contributed by atoms with Gasteiger partial charge in [0.05, 0.1) is 0 Å². The van der Waals surface area contributed by atoms with Crippen LogP contribution in [-0.4, -0.2) is 22.2 Å². The van der Waals surface area contributed by atoms with E-state index in [0.29, 0.717) is 4.47 Å². The van der Waals surface area contributed by atoms with Gasteiger partial charge in [0, 0.05) is 10.7 Å². The van der Waals surface area contributed by atoms with Crippen LogP contribution in [0.5, 0.6) is 5.88 Å². The molecule has 5 heteroatoms. The van der Waals surface area contributed by atoms with Gasteiger partial charge in [0.15, 0.2) is 0 Å². The van der Waals surface area contributed by atoms with Crippen molar-refractivity contribution in [3.8, 4) is 5.88 Å². The largest absolute Gasteiger partial charge is 0.477 e. The van der Waals surface area contributed by atoms with Crippen molar-refractivity contribution in [3.05, 3.63) is 22.3 Å². The second kappa shape index (κ2) is 6.18. The first-order valence-corrected chi connectivity index (χ1v) is 7.01. The molecule has 0 aliphatic heterocycles. The van der Waals surface area contributed by atoms with Crippen molar-refractivity contribution in [1.82, 2.24) is 4.98 Å². The number of halogens is 1. The molecule has 0 spiro atoms. The van der Waals surface area contributed by atoms with Crippen LogP contribution in [0.1, 0.15) is 48.9 Å². The highest BCUT2D eigenvalue weighted by atomic mass is 79.9. The van der Waals surface area contributed by atoms with Gasteiger partial charge in [0.1, 0.15) is 11.7 Å². The lowest BCUT2D eigenvalue weighted by molar-refractivity contribution is 0.0686. The summed E-state index contributed by atoms with van der Waals surface area (Å²) in [6, 6.07) is 1.53. The second-order valence-corrected chi connectivity index (χ2v) is 5.46. The number of pyridine rings is 1. The van der Waals surface area contributed by atoms with Crippen molar-refractivity contribution in [2.75, 3.05) is 0 Å². The molecule has 0 unspecified atom stereocenters. The molecule has 1 aromatic heterocycles. The summed E-state index contributed by atoms with van der Waals surface area (Å²) in [5.74, 6) is -0.773. The molecule has 0 amide bonds. The van der Waals surface area contributed by atoms with Crippen LogP contribution < -0.4 is 4.74 Å². The highest BCUT2D eigenvalue weighted by Gasteiger charge is 2.19. The Morgan fingerprint density at radius 2 is 2.00 bits per heavy atom. The van der Waals surface area contributed by atoms with E-state index < -0.39 is 5.97 Å². The quantitative estimate of drug-likeness (QED) is 0.865. The Bertz CT molecular complexity index is 428. The summed E-state index contributed by atoms with van der Waals surface area (Å²) in [6.45, 7) is 0. The normalized spacial score (nSPS) is 17.2. The predicted octanol–water partition coefficient (Wildman–Crippen LogP) is 3.64. The van der Waals surface area contributed by atoms with Gasteiger partial charge >= 0.3 is 5.97 Å². The Morgan fingerprint density at radius 1 is 1.33 bits per heavy atom. The summed E-state index contributed by atoms with van der Waals surface area (Å²) in [5, 5.41) is 9.13. The number of aromatic carboxylic acids is 1. The van der Waals surface area contributed by atoms with Crippen molar-refractivity contribution in [2.45, 2.75) is 44.6 Å². The van der Waals surface area contributed by atoms with Crippen molar-refractivity contribution in [2.24, 2.45) is 0 Å². The summed E-state index contributed by atoms with van der Waals surface area (Å²) in [5.41, 5.74) is 0.119. The zero-order chi connectivity index (χ0) is 13.0. The Morgan fingerprint density at radius 3 is 2.61 bits per heavy atom. The van der Waals surface area contributed by atoms with E-state index in [1.807, 2.05) is 0 Å². The fourth-order valence-electron chi connectivity index (χ4n) is 2.19. The van der Waals surface area contributed by atoms with Gasteiger partial charge in [-0.15, -0.1) is 0 Å². The molecule has 18 heavy (non-hydrogen) atoms. The molecule has 1 N–H and O–H groups in total. The van der Waals surface area contributed by atoms with Gasteiger partial charge in [-0.05, 0) is 47.7 Å². The first-order valence-electron chi connectivity index (χ1n) is 6.22. The highest BCUT2D eigenvalue weighted by Crippen LogP contribution is 2.25. The minimum atomic E-state index is -1.01. The first kappa shape index (κ1) is 13.3. The summed E-state index contributed by atoms with van der Waals surface area (Å²) in [4.78, 5) is 15.2. The molecule has 1 aliphatic carbocycles. The highest BCUT2D eigenvalue weighted by molar-refractivity contribution is 9.10. The van der Waals surface area contributed by atoms with E-state index >= 15 is 0 Å². The van der Waals surface area contributed by atoms with E-state index in [-0.39, 0.29) is 17.5 Å². The van der Waals surface area contributed by atoms with E-state index in [9.17, 15) is 4.79 Å². The van der Waals surface area contributed by atoms with Crippen molar-refractivity contribution in [3.63, 3.8) is 0 Å². The fraction of sp³-hybridized carbons (Fsp3) is 0.538. The summed E-state index contributed by atoms with van der Waals surface area (Å²) in [7, 11) is 0. The number of nitrogens with zero attached hydrogens (tertiary/aromatic N) is 1. The van der Waals surface area contributed by atoms with Crippen molar-refractivity contribution < 1.29 is 14.6 Å². The molecule has 2 rings (SSSR count). The molecular weight excluding hydrogens is 298 g/mol. The molecule has 1 heterocycles. The van der Waals surface area contributed by atoms with Crippen LogP contribution in [0.15, 0.2) is 16.7 Å². The third-order valence-corrected chi connectivity index (χ3v) is 3.56. The van der Waals surface area contributed by atoms with E-state index in [2.05, 4.69) is 20.9 Å². The van der Waals surface area contributed by atoms with Crippen LogP contribution >= 0.6 is 15.9 Å². The topological polar surface area (TPSA) is 59.4 Å². The number of ether oxygens (including phenoxy) is 1. The van der Waals surface area contributed by atoms with E-state index in [4.69, 9.17) is 9.84 Å². The first-order chi connectivity index (χ1) is 8.66. The lowest BCUT2D eigenvalue weighted by Gasteiger charge is -2.17. The molecule has 98 valence electrons. The van der Waals surface area contributed by atoms with Gasteiger partial charge in [-0.3, -0.25) is 0 Å². The Labute approximate surface area is 115 Å². The summed E-state index contributed by atoms with van der Waals surface area (Å²) in [6.07, 6.45) is 8.39. The Kier molecular flexibility index (Phi) is 4.58. The standard InChI is InChI=1S/C13H16BrNO3/c14-9-7-11(13(16)17)12(15-8-9)18-10-5-3-1-2-4-6-10/h7-8,10H,1-6H2,(H,16,17). The van der Waals surface area contributed by atoms with Gasteiger partial charge in [0.25, 0.3) is 0 Å². The maximum absolute atomic E-state index is 11.1. The molecule has 1 saturated carbocycles. The second-order valence-electron chi connectivity index (χ2n) is 4.54. The number of carboxylic acid groups (broad SMARTS) is 1. The number of aromatic nitrogens is 1. The van der Waals surface area contributed by atoms with Crippen LogP contribution in [0.4, 0.5) is 0 Å². The van der Waals surface area contributed by atoms with Crippen molar-refractivity contribution in [1.29, 1.82) is 0 Å². The van der Waals surface area contributed by atoms with Gasteiger partial charge in [-0.2, -0.15) is 0 Å². The SMILES string of the molecule is O=C(O)c1cc(Br)cnc1OC1CCCCCC1. The smallest absolute Gasteiger partial charge is 0.341 e. The fourth-order valence-corrected chi connectivity index (χ4v) is 2.52. The van der Waals surface area contributed by atoms with E-state index in [1.165, 1.54) is 18.9 Å². The number of carboxylic acids is 1. The third kappa shape index (κ3) is 3.45. The molecule has 0 atom stereocenters. The Balaban J connectivity index is 2.14. The summed E-state index contributed by atoms with van der Waals surface area (Å²) >= 11 is 3.22. The van der Waals surface area contributed by atoms with Crippen molar-refractivity contribution >= 4 is 21.9 Å². The molecular formula is C13H16BrNO3. The minimum absolute atomic E-state index is 0.0966. The maximum atomic E-state index is 11.1. The average molecular weight is 314 g/mol. The lowest BCUT2D eigenvalue weighted by atomic mass is 10.1. The monoisotopic (exact) mass is 313 g/mol. The zero-order valence-electron chi connectivity index (χ0n) is 10.1. The molecule has 1 fully saturated rings. The molecule has 0 saturated heterocycles. The molecule has 1 aliphatic rings. The van der Waals surface area contributed by atoms with E-state index in [1.54, 1.807) is 6.20 Å². The van der Waals surface area contributed by atoms with Gasteiger partial charge in [-0.25, -0.2) is 9.78 Å². The third-order valence-electron chi connectivity index (χ3n) is 3.13. The molecule has 0 bridgehead atoms. The number of carbonyl (C=O) groups is 1. The van der Waals surface area contributed by atoms with Crippen LogP contribution in [0.3, 0.4) is 0 Å². The van der Waals surface area contributed by atoms with Crippen LogP contribution in [0, 0.1) is 0 Å². The van der Waals surface area contributed by atoms with E-state index in [0.717, 1.165) is 25.7 Å². The van der Waals surface area contributed by atoms with Crippen LogP contribution in [0.25, 0.3) is 0 Å². The molecule has 0 aromatic carbocycles. The minimum Gasteiger partial charge on any atom is -0.477 e. The number of rotatable bonds is 3. The van der Waals surface area contributed by atoms with Crippen LogP contribution in [0.2, 0.25) is 0 Å². The summed E-state index contributed by atoms with van der Waals surface area (Å²) < 4.78 is 6.42. The Hall–Kier alpha value is -1.10. The van der Waals surface area contributed by atoms with Gasteiger partial charge in [0.2, 0.25) is 5.88 Å². The molecule has 1 aromatic rings. The van der Waals surface area contributed by atoms with Crippen LogP contribution in [-0.2, 0) is 0 Å². The lowest BCUT2D eigenvalue weighted by Crippen LogP contribution is -2.18. The van der Waals surface area contributed by atoms with Gasteiger partial charge in [-0.1, -0.05) is 12.8 Å². The molecule has 4 nitrogen and oxygen atoms in total.